The Hall–Kier alpha value is -2.80. The summed E-state index contributed by atoms with van der Waals surface area (Å²) in [6.45, 7) is 8.07. The largest absolute Gasteiger partial charge is 0.353 e. The summed E-state index contributed by atoms with van der Waals surface area (Å²) in [5, 5.41) is 8.06. The van der Waals surface area contributed by atoms with Crippen LogP contribution in [0.15, 0.2) is 24.3 Å². The second-order valence-corrected chi connectivity index (χ2v) is 9.34. The first kappa shape index (κ1) is 21.1. The van der Waals surface area contributed by atoms with Crippen LogP contribution in [0.25, 0.3) is 5.65 Å². The van der Waals surface area contributed by atoms with Crippen LogP contribution in [-0.4, -0.2) is 43.0 Å². The third-order valence-corrected chi connectivity index (χ3v) is 6.74. The monoisotopic (exact) mass is 432 g/mol. The third-order valence-electron chi connectivity index (χ3n) is 6.74. The molecule has 1 amide bonds. The van der Waals surface area contributed by atoms with Gasteiger partial charge in [-0.05, 0) is 77.1 Å². The summed E-state index contributed by atoms with van der Waals surface area (Å²) in [7, 11) is 0. The minimum Gasteiger partial charge on any atom is -0.353 e. The Kier molecular flexibility index (Phi) is 5.67. The fourth-order valence-corrected chi connectivity index (χ4v) is 4.88. The predicted molar refractivity (Wildman–Crippen MR) is 123 cm³/mol. The highest BCUT2D eigenvalue weighted by atomic mass is 16.1. The molecule has 5 rings (SSSR count). The highest BCUT2D eigenvalue weighted by Crippen LogP contribution is 2.33. The molecule has 4 heterocycles. The molecule has 3 aromatic rings. The molecule has 2 fully saturated rings. The summed E-state index contributed by atoms with van der Waals surface area (Å²) in [5.74, 6) is 0.138. The zero-order chi connectivity index (χ0) is 22.2. The molecule has 1 aliphatic carbocycles. The fourth-order valence-electron chi connectivity index (χ4n) is 4.88. The van der Waals surface area contributed by atoms with E-state index >= 15 is 0 Å². The average Bonchev–Trinajstić information content (AvgIpc) is 3.27. The van der Waals surface area contributed by atoms with Crippen molar-refractivity contribution in [2.45, 2.75) is 77.9 Å². The van der Waals surface area contributed by atoms with Gasteiger partial charge in [-0.2, -0.15) is 5.10 Å². The van der Waals surface area contributed by atoms with Crippen LogP contribution in [0.5, 0.6) is 0 Å². The number of likely N-dealkylation sites (tertiary alicyclic amines) is 1. The standard InChI is InChI=1S/C25H32N6O/c1-16-6-4-7-20(26-16)15-30-13-5-8-23(30)22-14-24-27-17(2)21(18(3)31(24)29-22)11-12-25(32)28-19-9-10-19/h4,6-7,14,19,23H,5,8-13,15H2,1-3H3,(H,28,32)/t23-/m0/s1. The number of nitrogens with zero attached hydrogens (tertiary/aromatic N) is 5. The van der Waals surface area contributed by atoms with Crippen LogP contribution in [0.3, 0.4) is 0 Å². The van der Waals surface area contributed by atoms with Gasteiger partial charge >= 0.3 is 0 Å². The van der Waals surface area contributed by atoms with Crippen molar-refractivity contribution < 1.29 is 4.79 Å². The summed E-state index contributed by atoms with van der Waals surface area (Å²) >= 11 is 0. The summed E-state index contributed by atoms with van der Waals surface area (Å²) < 4.78 is 1.97. The molecule has 168 valence electrons. The lowest BCUT2D eigenvalue weighted by atomic mass is 10.1. The van der Waals surface area contributed by atoms with Crippen LogP contribution in [0.4, 0.5) is 0 Å². The first-order chi connectivity index (χ1) is 15.5. The molecule has 1 saturated carbocycles. The molecule has 2 aliphatic rings. The van der Waals surface area contributed by atoms with E-state index in [1.807, 2.05) is 24.4 Å². The Bertz CT molecular complexity index is 1150. The molecule has 3 aromatic heterocycles. The van der Waals surface area contributed by atoms with Gasteiger partial charge in [0.1, 0.15) is 0 Å². The van der Waals surface area contributed by atoms with E-state index in [0.717, 1.165) is 78.5 Å². The van der Waals surface area contributed by atoms with E-state index in [-0.39, 0.29) is 11.9 Å². The normalized spacial score (nSPS) is 19.0. The maximum absolute atomic E-state index is 12.2. The van der Waals surface area contributed by atoms with Crippen LogP contribution < -0.4 is 5.32 Å². The molecule has 0 spiro atoms. The van der Waals surface area contributed by atoms with Gasteiger partial charge in [0, 0.05) is 42.2 Å². The van der Waals surface area contributed by atoms with Crippen LogP contribution in [0.1, 0.15) is 72.2 Å². The van der Waals surface area contributed by atoms with E-state index < -0.39 is 0 Å². The van der Waals surface area contributed by atoms with E-state index in [4.69, 9.17) is 10.1 Å². The number of pyridine rings is 1. The summed E-state index contributed by atoms with van der Waals surface area (Å²) in [6.07, 6.45) is 5.69. The van der Waals surface area contributed by atoms with Crippen molar-refractivity contribution in [3.8, 4) is 0 Å². The molecule has 0 bridgehead atoms. The van der Waals surface area contributed by atoms with Gasteiger partial charge in [-0.25, -0.2) is 9.50 Å². The maximum atomic E-state index is 12.2. The Labute approximate surface area is 189 Å². The number of nitrogens with one attached hydrogen (secondary N) is 1. The Balaban J connectivity index is 1.36. The number of aromatic nitrogens is 4. The van der Waals surface area contributed by atoms with E-state index in [9.17, 15) is 4.79 Å². The third kappa shape index (κ3) is 4.39. The Morgan fingerprint density at radius 2 is 2.00 bits per heavy atom. The number of hydrogen-bond acceptors (Lipinski definition) is 5. The summed E-state index contributed by atoms with van der Waals surface area (Å²) in [5.41, 5.74) is 7.34. The average molecular weight is 433 g/mol. The summed E-state index contributed by atoms with van der Waals surface area (Å²) in [4.78, 5) is 24.2. The van der Waals surface area contributed by atoms with Gasteiger partial charge in [0.25, 0.3) is 0 Å². The first-order valence-corrected chi connectivity index (χ1v) is 11.8. The van der Waals surface area contributed by atoms with Crippen LogP contribution in [-0.2, 0) is 17.8 Å². The minimum atomic E-state index is 0.138. The number of fused-ring (bicyclic) bond motifs is 1. The van der Waals surface area contributed by atoms with Gasteiger partial charge < -0.3 is 5.32 Å². The zero-order valence-corrected chi connectivity index (χ0v) is 19.3. The lowest BCUT2D eigenvalue weighted by Crippen LogP contribution is -2.25. The zero-order valence-electron chi connectivity index (χ0n) is 19.3. The lowest BCUT2D eigenvalue weighted by molar-refractivity contribution is -0.121. The van der Waals surface area contributed by atoms with Crippen LogP contribution in [0, 0.1) is 20.8 Å². The molecule has 0 radical (unpaired) electrons. The number of carbonyl (C=O) groups excluding carboxylic acids is 1. The molecule has 7 nitrogen and oxygen atoms in total. The van der Waals surface area contributed by atoms with Crippen molar-refractivity contribution >= 4 is 11.6 Å². The number of amides is 1. The van der Waals surface area contributed by atoms with Crippen LogP contribution >= 0.6 is 0 Å². The number of hydrogen-bond donors (Lipinski definition) is 1. The van der Waals surface area contributed by atoms with Gasteiger partial charge in [-0.15, -0.1) is 0 Å². The molecule has 7 heteroatoms. The Morgan fingerprint density at radius 3 is 2.78 bits per heavy atom. The smallest absolute Gasteiger partial charge is 0.220 e. The highest BCUT2D eigenvalue weighted by Gasteiger charge is 2.29. The van der Waals surface area contributed by atoms with E-state index in [2.05, 4.69) is 40.3 Å². The van der Waals surface area contributed by atoms with Gasteiger partial charge in [-0.3, -0.25) is 14.7 Å². The second-order valence-electron chi connectivity index (χ2n) is 9.34. The van der Waals surface area contributed by atoms with Gasteiger partial charge in [0.05, 0.1) is 17.4 Å². The van der Waals surface area contributed by atoms with E-state index in [1.165, 1.54) is 0 Å². The fraction of sp³-hybridized carbons (Fsp3) is 0.520. The van der Waals surface area contributed by atoms with Crippen LogP contribution in [0.2, 0.25) is 0 Å². The quantitative estimate of drug-likeness (QED) is 0.617. The number of aryl methyl sites for hydroxylation is 3. The highest BCUT2D eigenvalue weighted by molar-refractivity contribution is 5.76. The van der Waals surface area contributed by atoms with E-state index in [0.29, 0.717) is 18.9 Å². The van der Waals surface area contributed by atoms with Crippen molar-refractivity contribution in [2.24, 2.45) is 0 Å². The number of carbonyl (C=O) groups is 1. The topological polar surface area (TPSA) is 75.4 Å². The van der Waals surface area contributed by atoms with Gasteiger partial charge in [0.15, 0.2) is 5.65 Å². The molecule has 1 atom stereocenters. The minimum absolute atomic E-state index is 0.138. The molecule has 0 unspecified atom stereocenters. The molecule has 1 N–H and O–H groups in total. The lowest BCUT2D eigenvalue weighted by Gasteiger charge is -2.22. The first-order valence-electron chi connectivity index (χ1n) is 11.8. The van der Waals surface area contributed by atoms with Gasteiger partial charge in [0.2, 0.25) is 5.91 Å². The van der Waals surface area contributed by atoms with Crippen molar-refractivity contribution in [2.75, 3.05) is 6.54 Å². The van der Waals surface area contributed by atoms with E-state index in [1.54, 1.807) is 0 Å². The molecular formula is C25H32N6O. The SMILES string of the molecule is Cc1cccc(CN2CCC[C@H]2c2cc3nc(C)c(CCC(=O)NC4CC4)c(C)n3n2)n1. The predicted octanol–water partition coefficient (Wildman–Crippen LogP) is 3.60. The molecule has 1 saturated heterocycles. The molecule has 1 aliphatic heterocycles. The molecular weight excluding hydrogens is 400 g/mol. The second kappa shape index (κ2) is 8.62. The molecule has 0 aromatic carbocycles. The van der Waals surface area contributed by atoms with Crippen molar-refractivity contribution in [1.82, 2.24) is 29.8 Å². The van der Waals surface area contributed by atoms with Crippen molar-refractivity contribution in [1.29, 1.82) is 0 Å². The summed E-state index contributed by atoms with van der Waals surface area (Å²) in [6, 6.07) is 9.05. The van der Waals surface area contributed by atoms with Gasteiger partial charge in [-0.1, -0.05) is 6.07 Å². The van der Waals surface area contributed by atoms with Crippen molar-refractivity contribution in [3.05, 3.63) is 58.3 Å². The Morgan fingerprint density at radius 1 is 1.16 bits per heavy atom. The maximum Gasteiger partial charge on any atom is 0.220 e. The number of rotatable bonds is 7. The molecule has 32 heavy (non-hydrogen) atoms. The van der Waals surface area contributed by atoms with Crippen molar-refractivity contribution in [3.63, 3.8) is 0 Å².